The summed E-state index contributed by atoms with van der Waals surface area (Å²) in [6.45, 7) is 3.74. The maximum atomic E-state index is 10.7. The van der Waals surface area contributed by atoms with Gasteiger partial charge in [0.15, 0.2) is 0 Å². The van der Waals surface area contributed by atoms with Gasteiger partial charge in [-0.25, -0.2) is 4.79 Å². The number of carboxylic acid groups (broad SMARTS) is 1. The molecule has 0 aliphatic carbocycles. The fourth-order valence-corrected chi connectivity index (χ4v) is 0.839. The third-order valence-electron chi connectivity index (χ3n) is 1.47. The summed E-state index contributed by atoms with van der Waals surface area (Å²) in [5, 5.41) is 8.35. The van der Waals surface area contributed by atoms with Crippen molar-refractivity contribution in [1.82, 2.24) is 4.90 Å². The normalized spacial score (nSPS) is 9.92. The second-order valence-corrected chi connectivity index (χ2v) is 2.77. The number of urea groups is 1. The molecule has 70 valence electrons. The van der Waals surface area contributed by atoms with E-state index in [1.165, 1.54) is 4.90 Å². The van der Waals surface area contributed by atoms with Crippen LogP contribution in [0.4, 0.5) is 4.79 Å². The minimum absolute atomic E-state index is 0.0538. The van der Waals surface area contributed by atoms with Crippen LogP contribution in [0, 0.1) is 0 Å². The van der Waals surface area contributed by atoms with E-state index in [0.29, 0.717) is 0 Å². The lowest BCUT2D eigenvalue weighted by Crippen LogP contribution is -2.41. The molecule has 0 aliphatic rings. The summed E-state index contributed by atoms with van der Waals surface area (Å²) < 4.78 is 0. The molecule has 2 amide bonds. The maximum Gasteiger partial charge on any atom is 0.315 e. The van der Waals surface area contributed by atoms with Crippen molar-refractivity contribution in [2.45, 2.75) is 26.3 Å². The molecule has 3 N–H and O–H groups in total. The number of nitrogens with two attached hydrogens (primary N) is 1. The minimum atomic E-state index is -0.929. The Hall–Kier alpha value is -1.26. The Kier molecular flexibility index (Phi) is 4.10. The van der Waals surface area contributed by atoms with Crippen LogP contribution in [-0.2, 0) is 4.79 Å². The first-order chi connectivity index (χ1) is 5.45. The number of carbonyl (C=O) groups excluding carboxylic acids is 1. The van der Waals surface area contributed by atoms with E-state index in [4.69, 9.17) is 10.8 Å². The van der Waals surface area contributed by atoms with Crippen molar-refractivity contribution in [3.8, 4) is 0 Å². The van der Waals surface area contributed by atoms with Gasteiger partial charge in [0, 0.05) is 12.6 Å². The molecule has 0 saturated carbocycles. The first-order valence-electron chi connectivity index (χ1n) is 3.73. The maximum absolute atomic E-state index is 10.7. The molecule has 0 spiro atoms. The van der Waals surface area contributed by atoms with Crippen molar-refractivity contribution >= 4 is 12.0 Å². The van der Waals surface area contributed by atoms with Crippen LogP contribution in [0.2, 0.25) is 0 Å². The van der Waals surface area contributed by atoms with Gasteiger partial charge in [-0.1, -0.05) is 0 Å². The molecule has 0 bridgehead atoms. The zero-order valence-electron chi connectivity index (χ0n) is 7.28. The fourth-order valence-electron chi connectivity index (χ4n) is 0.839. The van der Waals surface area contributed by atoms with Gasteiger partial charge in [0.25, 0.3) is 0 Å². The summed E-state index contributed by atoms with van der Waals surface area (Å²) in [6.07, 6.45) is -0.0683. The summed E-state index contributed by atoms with van der Waals surface area (Å²) >= 11 is 0. The highest BCUT2D eigenvalue weighted by molar-refractivity contribution is 5.73. The molecular weight excluding hydrogens is 160 g/mol. The van der Waals surface area contributed by atoms with Crippen molar-refractivity contribution in [3.05, 3.63) is 0 Å². The highest BCUT2D eigenvalue weighted by Gasteiger charge is 2.13. The SMILES string of the molecule is CC(C)N(CCC(=O)O)C(N)=O. The van der Waals surface area contributed by atoms with Gasteiger partial charge in [0.1, 0.15) is 0 Å². The lowest BCUT2D eigenvalue weighted by molar-refractivity contribution is -0.137. The molecule has 0 aromatic heterocycles. The van der Waals surface area contributed by atoms with Crippen molar-refractivity contribution in [2.75, 3.05) is 6.54 Å². The molecule has 0 radical (unpaired) electrons. The Bertz CT molecular complexity index is 179. The number of hydrogen-bond donors (Lipinski definition) is 2. The average Bonchev–Trinajstić information content (AvgIpc) is 1.84. The van der Waals surface area contributed by atoms with Crippen LogP contribution < -0.4 is 5.73 Å². The van der Waals surface area contributed by atoms with Crippen LogP contribution in [0.1, 0.15) is 20.3 Å². The number of rotatable bonds is 4. The lowest BCUT2D eigenvalue weighted by Gasteiger charge is -2.23. The topological polar surface area (TPSA) is 83.6 Å². The number of primary amides is 1. The van der Waals surface area contributed by atoms with E-state index >= 15 is 0 Å². The van der Waals surface area contributed by atoms with Crippen LogP contribution in [0.15, 0.2) is 0 Å². The smallest absolute Gasteiger partial charge is 0.315 e. The quantitative estimate of drug-likeness (QED) is 0.640. The monoisotopic (exact) mass is 174 g/mol. The molecule has 0 aromatic carbocycles. The molecule has 0 rings (SSSR count). The molecule has 0 heterocycles. The van der Waals surface area contributed by atoms with Gasteiger partial charge in [0.05, 0.1) is 6.42 Å². The van der Waals surface area contributed by atoms with Gasteiger partial charge in [-0.2, -0.15) is 0 Å². The molecule has 0 unspecified atom stereocenters. The van der Waals surface area contributed by atoms with Crippen LogP contribution in [-0.4, -0.2) is 34.6 Å². The van der Waals surface area contributed by atoms with Gasteiger partial charge >= 0.3 is 12.0 Å². The molecule has 5 heteroatoms. The number of carbonyl (C=O) groups is 2. The van der Waals surface area contributed by atoms with Crippen LogP contribution in [0.3, 0.4) is 0 Å². The summed E-state index contributed by atoms with van der Waals surface area (Å²) in [5.74, 6) is -0.929. The highest BCUT2D eigenvalue weighted by Crippen LogP contribution is 1.98. The van der Waals surface area contributed by atoms with Crippen molar-refractivity contribution in [3.63, 3.8) is 0 Å². The molecule has 0 atom stereocenters. The summed E-state index contributed by atoms with van der Waals surface area (Å²) in [4.78, 5) is 22.2. The molecule has 12 heavy (non-hydrogen) atoms. The number of hydrogen-bond acceptors (Lipinski definition) is 2. The van der Waals surface area contributed by atoms with E-state index in [0.717, 1.165) is 0 Å². The van der Waals surface area contributed by atoms with Gasteiger partial charge in [-0.3, -0.25) is 4.79 Å². The van der Waals surface area contributed by atoms with E-state index in [1.807, 2.05) is 0 Å². The second kappa shape index (κ2) is 4.58. The second-order valence-electron chi connectivity index (χ2n) is 2.77. The summed E-state index contributed by atoms with van der Waals surface area (Å²) in [5.41, 5.74) is 5.02. The predicted octanol–water partition coefficient (Wildman–Crippen LogP) is 0.250. The first kappa shape index (κ1) is 10.7. The lowest BCUT2D eigenvalue weighted by atomic mass is 10.3. The average molecular weight is 174 g/mol. The van der Waals surface area contributed by atoms with Crippen molar-refractivity contribution in [1.29, 1.82) is 0 Å². The zero-order chi connectivity index (χ0) is 9.72. The number of amides is 2. The molecule has 5 nitrogen and oxygen atoms in total. The third-order valence-corrected chi connectivity index (χ3v) is 1.47. The highest BCUT2D eigenvalue weighted by atomic mass is 16.4. The molecule has 0 aromatic rings. The Labute approximate surface area is 71.1 Å². The van der Waals surface area contributed by atoms with Crippen molar-refractivity contribution in [2.24, 2.45) is 5.73 Å². The minimum Gasteiger partial charge on any atom is -0.481 e. The van der Waals surface area contributed by atoms with Crippen LogP contribution in [0.5, 0.6) is 0 Å². The van der Waals surface area contributed by atoms with E-state index in [2.05, 4.69) is 0 Å². The zero-order valence-corrected chi connectivity index (χ0v) is 7.28. The van der Waals surface area contributed by atoms with Crippen molar-refractivity contribution < 1.29 is 14.7 Å². The Balaban J connectivity index is 3.97. The van der Waals surface area contributed by atoms with Gasteiger partial charge in [-0.05, 0) is 13.8 Å². The summed E-state index contributed by atoms with van der Waals surface area (Å²) in [6, 6.07) is -0.631. The van der Waals surface area contributed by atoms with E-state index < -0.39 is 12.0 Å². The number of nitrogens with zero attached hydrogens (tertiary/aromatic N) is 1. The standard InChI is InChI=1S/C7H14N2O3/c1-5(2)9(7(8)12)4-3-6(10)11/h5H,3-4H2,1-2H3,(H2,8,12)(H,10,11). The number of aliphatic carboxylic acids is 1. The molecule has 0 aliphatic heterocycles. The van der Waals surface area contributed by atoms with E-state index in [1.54, 1.807) is 13.8 Å². The molecule has 0 fully saturated rings. The van der Waals surface area contributed by atoms with Crippen LogP contribution >= 0.6 is 0 Å². The van der Waals surface area contributed by atoms with Gasteiger partial charge in [0.2, 0.25) is 0 Å². The van der Waals surface area contributed by atoms with E-state index in [-0.39, 0.29) is 19.0 Å². The van der Waals surface area contributed by atoms with Gasteiger partial charge < -0.3 is 15.7 Å². The summed E-state index contributed by atoms with van der Waals surface area (Å²) in [7, 11) is 0. The molecule has 0 saturated heterocycles. The molecular formula is C7H14N2O3. The first-order valence-corrected chi connectivity index (χ1v) is 3.73. The Morgan fingerprint density at radius 3 is 2.25 bits per heavy atom. The van der Waals surface area contributed by atoms with Crippen LogP contribution in [0.25, 0.3) is 0 Å². The Morgan fingerprint density at radius 1 is 1.50 bits per heavy atom. The fraction of sp³-hybridized carbons (Fsp3) is 0.714. The Morgan fingerprint density at radius 2 is 2.00 bits per heavy atom. The number of carboxylic acids is 1. The van der Waals surface area contributed by atoms with E-state index in [9.17, 15) is 9.59 Å². The van der Waals surface area contributed by atoms with Gasteiger partial charge in [-0.15, -0.1) is 0 Å². The third kappa shape index (κ3) is 3.80. The predicted molar refractivity (Wildman–Crippen MR) is 43.7 cm³/mol. The largest absolute Gasteiger partial charge is 0.481 e.